The Balaban J connectivity index is 1.48. The third-order valence-corrected chi connectivity index (χ3v) is 9.37. The molecule has 0 radical (unpaired) electrons. The topological polar surface area (TPSA) is 134 Å². The number of aliphatic imine (C=N–C) groups is 1. The van der Waals surface area contributed by atoms with Gasteiger partial charge in [0.2, 0.25) is 0 Å². The molecule has 0 spiro atoms. The van der Waals surface area contributed by atoms with Gasteiger partial charge in [0.05, 0.1) is 35.4 Å². The average molecular weight is 636 g/mol. The van der Waals surface area contributed by atoms with Crippen LogP contribution < -0.4 is 5.32 Å². The maximum absolute atomic E-state index is 14.8. The number of rotatable bonds is 10. The number of carboxylic acid groups (broad SMARTS) is 1. The lowest BCUT2D eigenvalue weighted by Crippen LogP contribution is -2.55. The molecule has 3 aliphatic rings. The van der Waals surface area contributed by atoms with Gasteiger partial charge in [0.15, 0.2) is 10.8 Å². The second kappa shape index (κ2) is 13.2. The molecule has 238 valence electrons. The van der Waals surface area contributed by atoms with Crippen LogP contribution in [0.4, 0.5) is 4.39 Å². The average Bonchev–Trinajstić information content (AvgIpc) is 3.66. The molecule has 0 bridgehead atoms. The number of benzene rings is 1. The Morgan fingerprint density at radius 2 is 2.09 bits per heavy atom. The third kappa shape index (κ3) is 6.55. The second-order valence-electron chi connectivity index (χ2n) is 12.2. The number of carbonyl (C=O) groups excluding carboxylic acids is 1. The summed E-state index contributed by atoms with van der Waals surface area (Å²) >= 11 is 1.41. The Bertz CT molecular complexity index is 1580. The van der Waals surface area contributed by atoms with Crippen molar-refractivity contribution in [3.05, 3.63) is 75.1 Å². The molecule has 13 heteroatoms. The van der Waals surface area contributed by atoms with Crippen LogP contribution in [0.15, 0.2) is 58.2 Å². The van der Waals surface area contributed by atoms with Gasteiger partial charge in [0.25, 0.3) is 0 Å². The Morgan fingerprint density at radius 1 is 1.31 bits per heavy atom. The first-order valence-electron chi connectivity index (χ1n) is 14.9. The van der Waals surface area contributed by atoms with E-state index in [0.29, 0.717) is 71.5 Å². The van der Waals surface area contributed by atoms with Crippen molar-refractivity contribution < 1.29 is 23.8 Å². The number of carbonyl (C=O) groups is 2. The molecule has 2 fully saturated rings. The number of hydrogen-bond donors (Lipinski definition) is 2. The van der Waals surface area contributed by atoms with Gasteiger partial charge < -0.3 is 15.2 Å². The summed E-state index contributed by atoms with van der Waals surface area (Å²) in [6.07, 6.45) is 1.30. The molecule has 5 rings (SSSR count). The Kier molecular flexibility index (Phi) is 9.50. The van der Waals surface area contributed by atoms with E-state index in [-0.39, 0.29) is 31.2 Å². The summed E-state index contributed by atoms with van der Waals surface area (Å²) in [7, 11) is 0. The first kappa shape index (κ1) is 32.4. The van der Waals surface area contributed by atoms with Gasteiger partial charge in [-0.25, -0.2) is 14.2 Å². The lowest BCUT2D eigenvalue weighted by atomic mass is 9.92. The van der Waals surface area contributed by atoms with E-state index < -0.39 is 23.4 Å². The van der Waals surface area contributed by atoms with E-state index >= 15 is 0 Å². The standard InChI is InChI=1S/C32H38FN7O4S/c1-6-44-30(41)25-24(36-27(28-35-10-13-45-28)37-26(25)22-8-7-9-23(33)20(22)3)17-38-11-12-40-21(15-38)16-39(29(40)19(2)14-34)18-32(4,5)31(42)43/h7-10,13,21,26,29H,2,6,11-12,15-18H2,1,3-5H3,(H,36,37)(H,42,43)/t21?,26-,29?/m0/s1. The van der Waals surface area contributed by atoms with Crippen LogP contribution in [0.1, 0.15) is 42.9 Å². The smallest absolute Gasteiger partial charge is 0.338 e. The number of ether oxygens (including phenoxy) is 1. The summed E-state index contributed by atoms with van der Waals surface area (Å²) in [5, 5.41) is 25.4. The second-order valence-corrected chi connectivity index (χ2v) is 13.1. The van der Waals surface area contributed by atoms with E-state index in [0.717, 1.165) is 0 Å². The zero-order valence-corrected chi connectivity index (χ0v) is 26.7. The number of carboxylic acids is 1. The minimum Gasteiger partial charge on any atom is -0.481 e. The number of thiazole rings is 1. The first-order valence-corrected chi connectivity index (χ1v) is 15.8. The van der Waals surface area contributed by atoms with Gasteiger partial charge >= 0.3 is 11.9 Å². The molecule has 3 aliphatic heterocycles. The van der Waals surface area contributed by atoms with Crippen molar-refractivity contribution >= 4 is 29.1 Å². The fourth-order valence-corrected chi connectivity index (χ4v) is 6.92. The molecule has 0 saturated carbocycles. The fraction of sp³-hybridized carbons (Fsp3) is 0.469. The molecule has 45 heavy (non-hydrogen) atoms. The van der Waals surface area contributed by atoms with Crippen LogP contribution >= 0.6 is 11.3 Å². The lowest BCUT2D eigenvalue weighted by molar-refractivity contribution is -0.148. The van der Waals surface area contributed by atoms with Gasteiger partial charge in [-0.15, -0.1) is 11.3 Å². The van der Waals surface area contributed by atoms with Crippen molar-refractivity contribution in [2.45, 2.75) is 45.9 Å². The SMILES string of the molecule is C=C(C#N)C1N(CC(C)(C)C(=O)O)CC2CN(CC3=C(C(=O)OCC)[C@H](c4cccc(F)c4C)N=C(c4nccs4)N3)CCN21. The number of nitrogens with one attached hydrogen (secondary N) is 1. The van der Waals surface area contributed by atoms with Crippen LogP contribution in [0, 0.1) is 29.5 Å². The van der Waals surface area contributed by atoms with E-state index in [1.807, 2.05) is 10.3 Å². The highest BCUT2D eigenvalue weighted by atomic mass is 32.1. The molecule has 1 aromatic carbocycles. The minimum absolute atomic E-state index is 0.00189. The van der Waals surface area contributed by atoms with Crippen LogP contribution in [0.5, 0.6) is 0 Å². The van der Waals surface area contributed by atoms with Crippen LogP contribution in [-0.2, 0) is 14.3 Å². The molecule has 11 nitrogen and oxygen atoms in total. The molecular weight excluding hydrogens is 597 g/mol. The fourth-order valence-electron chi connectivity index (χ4n) is 6.33. The molecule has 1 aromatic heterocycles. The Labute approximate surface area is 266 Å². The number of aliphatic carboxylic acids is 1. The molecule has 2 N–H and O–H groups in total. The zero-order chi connectivity index (χ0) is 32.5. The number of aromatic nitrogens is 1. The van der Waals surface area contributed by atoms with Crippen LogP contribution in [-0.4, -0.2) is 101 Å². The first-order chi connectivity index (χ1) is 21.4. The van der Waals surface area contributed by atoms with Gasteiger partial charge in [0, 0.05) is 62.6 Å². The number of nitrogens with zero attached hydrogens (tertiary/aromatic N) is 6. The molecule has 0 amide bonds. The minimum atomic E-state index is -1.01. The van der Waals surface area contributed by atoms with E-state index in [1.165, 1.54) is 17.4 Å². The van der Waals surface area contributed by atoms with Crippen molar-refractivity contribution in [1.29, 1.82) is 5.26 Å². The highest BCUT2D eigenvalue weighted by molar-refractivity contribution is 7.11. The van der Waals surface area contributed by atoms with Crippen LogP contribution in [0.2, 0.25) is 0 Å². The quantitative estimate of drug-likeness (QED) is 0.296. The molecule has 2 aromatic rings. The van der Waals surface area contributed by atoms with Gasteiger partial charge in [-0.2, -0.15) is 5.26 Å². The molecule has 2 saturated heterocycles. The summed E-state index contributed by atoms with van der Waals surface area (Å²) in [6.45, 7) is 14.0. The summed E-state index contributed by atoms with van der Waals surface area (Å²) < 4.78 is 20.3. The highest BCUT2D eigenvalue weighted by Crippen LogP contribution is 2.36. The van der Waals surface area contributed by atoms with E-state index in [9.17, 15) is 24.3 Å². The van der Waals surface area contributed by atoms with Crippen molar-refractivity contribution in [3.8, 4) is 6.07 Å². The van der Waals surface area contributed by atoms with Crippen molar-refractivity contribution in [3.63, 3.8) is 0 Å². The van der Waals surface area contributed by atoms with Crippen molar-refractivity contribution in [1.82, 2.24) is 25.0 Å². The van der Waals surface area contributed by atoms with E-state index in [2.05, 4.69) is 32.7 Å². The van der Waals surface area contributed by atoms with Crippen molar-refractivity contribution in [2.24, 2.45) is 10.4 Å². The Morgan fingerprint density at radius 3 is 2.76 bits per heavy atom. The zero-order valence-electron chi connectivity index (χ0n) is 25.9. The summed E-state index contributed by atoms with van der Waals surface area (Å²) in [4.78, 5) is 41.3. The maximum Gasteiger partial charge on any atom is 0.338 e. The van der Waals surface area contributed by atoms with Crippen LogP contribution in [0.3, 0.4) is 0 Å². The lowest BCUT2D eigenvalue weighted by Gasteiger charge is -2.40. The number of amidine groups is 1. The third-order valence-electron chi connectivity index (χ3n) is 8.59. The normalized spacial score (nSPS) is 22.8. The van der Waals surface area contributed by atoms with Crippen molar-refractivity contribution in [2.75, 3.05) is 45.9 Å². The van der Waals surface area contributed by atoms with E-state index in [4.69, 9.17) is 9.73 Å². The predicted molar refractivity (Wildman–Crippen MR) is 168 cm³/mol. The summed E-state index contributed by atoms with van der Waals surface area (Å²) in [6, 6.07) is 6.16. The van der Waals surface area contributed by atoms with E-state index in [1.54, 1.807) is 46.0 Å². The van der Waals surface area contributed by atoms with Crippen LogP contribution in [0.25, 0.3) is 0 Å². The number of piperazine rings is 1. The number of esters is 1. The number of fused-ring (bicyclic) bond motifs is 1. The monoisotopic (exact) mass is 635 g/mol. The van der Waals surface area contributed by atoms with Gasteiger partial charge in [0.1, 0.15) is 11.9 Å². The molecule has 3 atom stereocenters. The molecular formula is C32H38FN7O4S. The maximum atomic E-state index is 14.8. The summed E-state index contributed by atoms with van der Waals surface area (Å²) in [5.74, 6) is -1.32. The molecule has 0 aliphatic carbocycles. The number of halogens is 1. The predicted octanol–water partition coefficient (Wildman–Crippen LogP) is 3.32. The number of hydrogen-bond acceptors (Lipinski definition) is 11. The highest BCUT2D eigenvalue weighted by Gasteiger charge is 2.46. The number of nitriles is 1. The van der Waals surface area contributed by atoms with Gasteiger partial charge in [-0.05, 0) is 44.9 Å². The molecule has 4 heterocycles. The Hall–Kier alpha value is -3.96. The van der Waals surface area contributed by atoms with Gasteiger partial charge in [-0.3, -0.25) is 24.5 Å². The van der Waals surface area contributed by atoms with Gasteiger partial charge in [-0.1, -0.05) is 18.7 Å². The molecule has 2 unspecified atom stereocenters. The largest absolute Gasteiger partial charge is 0.481 e. The summed E-state index contributed by atoms with van der Waals surface area (Å²) in [5.41, 5.74) is 1.27.